The van der Waals surface area contributed by atoms with Crippen LogP contribution in [0.3, 0.4) is 0 Å². The molecule has 0 N–H and O–H groups in total. The third kappa shape index (κ3) is 1.24. The second-order valence-electron chi connectivity index (χ2n) is 1.40. The van der Waals surface area contributed by atoms with Crippen molar-refractivity contribution in [2.24, 2.45) is 0 Å². The zero-order chi connectivity index (χ0) is 6.69. The Kier molecular flexibility index (Phi) is 1.75. The molecular formula is C5H5N3S. The van der Waals surface area contributed by atoms with Crippen molar-refractivity contribution in [3.8, 4) is 6.07 Å². The normalized spacial score (nSPS) is 8.89. The number of hydrogen-bond donors (Lipinski definition) is 0. The van der Waals surface area contributed by atoms with Crippen molar-refractivity contribution in [3.63, 3.8) is 0 Å². The average molecular weight is 139 g/mol. The fourth-order valence-electron chi connectivity index (χ4n) is 0.469. The van der Waals surface area contributed by atoms with Crippen LogP contribution in [-0.4, -0.2) is 15.4 Å². The summed E-state index contributed by atoms with van der Waals surface area (Å²) in [7, 11) is 0. The van der Waals surface area contributed by atoms with Crippen molar-refractivity contribution < 1.29 is 0 Å². The fraction of sp³-hybridized carbons (Fsp3) is 0.200. The van der Waals surface area contributed by atoms with Crippen molar-refractivity contribution >= 4 is 11.9 Å². The van der Waals surface area contributed by atoms with Crippen LogP contribution in [0.1, 0.15) is 5.69 Å². The van der Waals surface area contributed by atoms with E-state index in [4.69, 9.17) is 5.26 Å². The van der Waals surface area contributed by atoms with Gasteiger partial charge in [0.1, 0.15) is 6.07 Å². The summed E-state index contributed by atoms with van der Waals surface area (Å²) in [5, 5.41) is 12.2. The van der Waals surface area contributed by atoms with E-state index in [1.165, 1.54) is 11.9 Å². The molecule has 0 aromatic carbocycles. The summed E-state index contributed by atoms with van der Waals surface area (Å²) in [4.78, 5) is 0. The quantitative estimate of drug-likeness (QED) is 0.580. The topological polar surface area (TPSA) is 41.6 Å². The second kappa shape index (κ2) is 2.55. The summed E-state index contributed by atoms with van der Waals surface area (Å²) in [6, 6.07) is 3.61. The molecule has 1 heterocycles. The van der Waals surface area contributed by atoms with Crippen LogP contribution < -0.4 is 0 Å². The number of aromatic nitrogens is 2. The highest BCUT2D eigenvalue weighted by Gasteiger charge is 1.92. The highest BCUT2D eigenvalue weighted by atomic mass is 32.2. The lowest BCUT2D eigenvalue weighted by Crippen LogP contribution is -1.84. The maximum Gasteiger partial charge on any atom is 0.163 e. The molecule has 46 valence electrons. The van der Waals surface area contributed by atoms with Gasteiger partial charge in [-0.3, -0.25) is 0 Å². The predicted molar refractivity (Wildman–Crippen MR) is 35.9 cm³/mol. The predicted octanol–water partition coefficient (Wildman–Crippen LogP) is 0.881. The molecule has 1 rings (SSSR count). The van der Waals surface area contributed by atoms with Gasteiger partial charge in [-0.05, 0) is 18.0 Å². The van der Waals surface area contributed by atoms with Crippen LogP contribution in [0.4, 0.5) is 0 Å². The number of rotatable bonds is 1. The Balaban J connectivity index is 2.90. The summed E-state index contributed by atoms with van der Waals surface area (Å²) >= 11 is 1.46. The molecule has 0 radical (unpaired) electrons. The monoisotopic (exact) mass is 139 g/mol. The molecule has 0 saturated heterocycles. The molecular weight excluding hydrogens is 134 g/mol. The van der Waals surface area contributed by atoms with Crippen LogP contribution in [0.15, 0.2) is 12.3 Å². The van der Waals surface area contributed by atoms with E-state index >= 15 is 0 Å². The van der Waals surface area contributed by atoms with Crippen molar-refractivity contribution in [2.45, 2.75) is 0 Å². The maximum atomic E-state index is 8.31. The molecule has 0 unspecified atom stereocenters. The standard InChI is InChI=1S/C5H5N3S/c1-9-8-3-2-5(4-6)7-8/h2-3H,1H3. The van der Waals surface area contributed by atoms with Gasteiger partial charge in [0.15, 0.2) is 5.69 Å². The number of nitrogens with zero attached hydrogens (tertiary/aromatic N) is 3. The van der Waals surface area contributed by atoms with Crippen LogP contribution in [0, 0.1) is 11.3 Å². The van der Waals surface area contributed by atoms with E-state index in [-0.39, 0.29) is 0 Å². The van der Waals surface area contributed by atoms with Gasteiger partial charge < -0.3 is 0 Å². The van der Waals surface area contributed by atoms with E-state index in [1.54, 1.807) is 16.4 Å². The zero-order valence-corrected chi connectivity index (χ0v) is 5.72. The van der Waals surface area contributed by atoms with Crippen molar-refractivity contribution in [3.05, 3.63) is 18.0 Å². The van der Waals surface area contributed by atoms with Gasteiger partial charge in [-0.2, -0.15) is 10.4 Å². The lowest BCUT2D eigenvalue weighted by atomic mass is 10.5. The Labute approximate surface area is 57.4 Å². The molecule has 4 heteroatoms. The molecule has 0 aliphatic heterocycles. The van der Waals surface area contributed by atoms with Crippen LogP contribution >= 0.6 is 11.9 Å². The molecule has 1 aromatic heterocycles. The van der Waals surface area contributed by atoms with Gasteiger partial charge in [0.05, 0.1) is 0 Å². The van der Waals surface area contributed by atoms with E-state index in [0.29, 0.717) is 5.69 Å². The van der Waals surface area contributed by atoms with Crippen molar-refractivity contribution in [1.29, 1.82) is 5.26 Å². The van der Waals surface area contributed by atoms with Gasteiger partial charge in [0.2, 0.25) is 0 Å². The Morgan fingerprint density at radius 2 is 2.67 bits per heavy atom. The maximum absolute atomic E-state index is 8.31. The Bertz CT molecular complexity index is 235. The number of nitriles is 1. The Morgan fingerprint density at radius 1 is 1.89 bits per heavy atom. The first-order chi connectivity index (χ1) is 4.36. The van der Waals surface area contributed by atoms with Gasteiger partial charge >= 0.3 is 0 Å². The summed E-state index contributed by atoms with van der Waals surface area (Å²) < 4.78 is 1.64. The van der Waals surface area contributed by atoms with E-state index < -0.39 is 0 Å². The van der Waals surface area contributed by atoms with Gasteiger partial charge in [0, 0.05) is 12.5 Å². The van der Waals surface area contributed by atoms with Gasteiger partial charge in [-0.1, -0.05) is 0 Å². The molecule has 3 nitrogen and oxygen atoms in total. The van der Waals surface area contributed by atoms with Crippen molar-refractivity contribution in [1.82, 2.24) is 9.19 Å². The lowest BCUT2D eigenvalue weighted by molar-refractivity contribution is 1.000. The first-order valence-corrected chi connectivity index (χ1v) is 3.55. The molecule has 0 amide bonds. The highest BCUT2D eigenvalue weighted by Crippen LogP contribution is 1.99. The van der Waals surface area contributed by atoms with E-state index in [2.05, 4.69) is 5.10 Å². The minimum absolute atomic E-state index is 0.462. The SMILES string of the molecule is CSn1ccc(C#N)n1. The number of hydrogen-bond acceptors (Lipinski definition) is 3. The zero-order valence-electron chi connectivity index (χ0n) is 4.90. The van der Waals surface area contributed by atoms with Crippen LogP contribution in [0.2, 0.25) is 0 Å². The van der Waals surface area contributed by atoms with Gasteiger partial charge in [-0.25, -0.2) is 4.09 Å². The molecule has 0 fully saturated rings. The molecule has 0 aliphatic rings. The third-order valence-electron chi connectivity index (χ3n) is 0.868. The van der Waals surface area contributed by atoms with Crippen LogP contribution in [-0.2, 0) is 0 Å². The molecule has 0 bridgehead atoms. The van der Waals surface area contributed by atoms with Crippen LogP contribution in [0.5, 0.6) is 0 Å². The Morgan fingerprint density at radius 3 is 3.00 bits per heavy atom. The first-order valence-electron chi connectivity index (χ1n) is 2.37. The first kappa shape index (κ1) is 6.17. The molecule has 0 saturated carbocycles. The minimum Gasteiger partial charge on any atom is -0.213 e. The Hall–Kier alpha value is -0.950. The van der Waals surface area contributed by atoms with E-state index in [1.807, 2.05) is 12.3 Å². The second-order valence-corrected chi connectivity index (χ2v) is 2.14. The molecule has 0 aliphatic carbocycles. The van der Waals surface area contributed by atoms with Crippen LogP contribution in [0.25, 0.3) is 0 Å². The average Bonchev–Trinajstić information content (AvgIpc) is 2.34. The van der Waals surface area contributed by atoms with Gasteiger partial charge in [0.25, 0.3) is 0 Å². The molecule has 0 spiro atoms. The minimum atomic E-state index is 0.462. The summed E-state index contributed by atoms with van der Waals surface area (Å²) in [5.41, 5.74) is 0.462. The summed E-state index contributed by atoms with van der Waals surface area (Å²) in [5.74, 6) is 0. The summed E-state index contributed by atoms with van der Waals surface area (Å²) in [6.07, 6.45) is 3.65. The highest BCUT2D eigenvalue weighted by molar-refractivity contribution is 7.97. The van der Waals surface area contributed by atoms with E-state index in [0.717, 1.165) is 0 Å². The summed E-state index contributed by atoms with van der Waals surface area (Å²) in [6.45, 7) is 0. The van der Waals surface area contributed by atoms with Crippen molar-refractivity contribution in [2.75, 3.05) is 6.26 Å². The molecule has 0 atom stereocenters. The molecule has 1 aromatic rings. The lowest BCUT2D eigenvalue weighted by Gasteiger charge is -1.86. The van der Waals surface area contributed by atoms with E-state index in [9.17, 15) is 0 Å². The largest absolute Gasteiger partial charge is 0.213 e. The fourth-order valence-corrected chi connectivity index (χ4v) is 0.821. The third-order valence-corrected chi connectivity index (χ3v) is 1.45. The molecule has 9 heavy (non-hydrogen) atoms. The smallest absolute Gasteiger partial charge is 0.163 e. The van der Waals surface area contributed by atoms with Gasteiger partial charge in [-0.15, -0.1) is 0 Å².